The monoisotopic (exact) mass is 374 g/mol. The van der Waals surface area contributed by atoms with Crippen LogP contribution in [0, 0.1) is 17.8 Å². The van der Waals surface area contributed by atoms with Crippen LogP contribution >= 0.6 is 0 Å². The highest BCUT2D eigenvalue weighted by atomic mass is 16.5. The van der Waals surface area contributed by atoms with E-state index in [-0.39, 0.29) is 23.3 Å². The van der Waals surface area contributed by atoms with Crippen molar-refractivity contribution >= 4 is 11.8 Å². The predicted molar refractivity (Wildman–Crippen MR) is 107 cm³/mol. The molecule has 0 radical (unpaired) electrons. The van der Waals surface area contributed by atoms with Crippen molar-refractivity contribution in [2.45, 2.75) is 20.0 Å². The summed E-state index contributed by atoms with van der Waals surface area (Å²) >= 11 is 0. The first-order valence-corrected chi connectivity index (χ1v) is 9.06. The third kappa shape index (κ3) is 4.24. The molecule has 2 aromatic carbocycles. The highest BCUT2D eigenvalue weighted by Crippen LogP contribution is 2.19. The summed E-state index contributed by atoms with van der Waals surface area (Å²) in [7, 11) is 1.60. The Kier molecular flexibility index (Phi) is 5.81. The summed E-state index contributed by atoms with van der Waals surface area (Å²) in [4.78, 5) is 27.0. The molecule has 1 aliphatic heterocycles. The van der Waals surface area contributed by atoms with Crippen LogP contribution in [0.3, 0.4) is 0 Å². The van der Waals surface area contributed by atoms with Gasteiger partial charge in [-0.2, -0.15) is 0 Å². The molecule has 142 valence electrons. The lowest BCUT2D eigenvalue weighted by Crippen LogP contribution is -2.54. The lowest BCUT2D eigenvalue weighted by atomic mass is 10.0. The maximum Gasteiger partial charge on any atom is 0.262 e. The summed E-state index contributed by atoms with van der Waals surface area (Å²) < 4.78 is 5.13. The second-order valence-corrected chi connectivity index (χ2v) is 6.76. The Balaban J connectivity index is 1.93. The minimum Gasteiger partial charge on any atom is -0.497 e. The molecule has 0 unspecified atom stereocenters. The van der Waals surface area contributed by atoms with Crippen LogP contribution in [-0.2, 0) is 4.79 Å². The van der Waals surface area contributed by atoms with Gasteiger partial charge < -0.3 is 10.1 Å². The Morgan fingerprint density at radius 3 is 2.36 bits per heavy atom. The summed E-state index contributed by atoms with van der Waals surface area (Å²) in [6.07, 6.45) is 1.13. The molecule has 1 atom stereocenters. The zero-order valence-corrected chi connectivity index (χ0v) is 16.1. The molecule has 0 aliphatic carbocycles. The summed E-state index contributed by atoms with van der Waals surface area (Å²) in [5, 5.41) is 2.90. The summed E-state index contributed by atoms with van der Waals surface area (Å²) in [5.74, 6) is 6.17. The molecule has 28 heavy (non-hydrogen) atoms. The van der Waals surface area contributed by atoms with Crippen LogP contribution in [0.15, 0.2) is 66.4 Å². The third-order valence-corrected chi connectivity index (χ3v) is 4.41. The topological polar surface area (TPSA) is 58.6 Å². The average Bonchev–Trinajstić information content (AvgIpc) is 2.73. The first-order chi connectivity index (χ1) is 13.5. The number of hydrogen-bond acceptors (Lipinski definition) is 3. The maximum absolute atomic E-state index is 13.0. The number of nitrogens with zero attached hydrogens (tertiary/aromatic N) is 1. The van der Waals surface area contributed by atoms with E-state index in [1.54, 1.807) is 42.5 Å². The van der Waals surface area contributed by atoms with Gasteiger partial charge in [-0.25, -0.2) is 0 Å². The van der Waals surface area contributed by atoms with Gasteiger partial charge in [0.1, 0.15) is 17.5 Å². The van der Waals surface area contributed by atoms with E-state index >= 15 is 0 Å². The molecule has 5 heteroatoms. The normalized spacial score (nSPS) is 16.0. The van der Waals surface area contributed by atoms with Crippen molar-refractivity contribution in [3.63, 3.8) is 0 Å². The maximum atomic E-state index is 13.0. The minimum absolute atomic E-state index is 0.0453. The summed E-state index contributed by atoms with van der Waals surface area (Å²) in [6, 6.07) is 16.2. The first-order valence-electron chi connectivity index (χ1n) is 9.06. The minimum atomic E-state index is -0.424. The van der Waals surface area contributed by atoms with Gasteiger partial charge in [0.2, 0.25) is 0 Å². The van der Waals surface area contributed by atoms with Crippen molar-refractivity contribution < 1.29 is 14.3 Å². The smallest absolute Gasteiger partial charge is 0.262 e. The van der Waals surface area contributed by atoms with Crippen LogP contribution < -0.4 is 10.1 Å². The van der Waals surface area contributed by atoms with Crippen LogP contribution in [0.1, 0.15) is 29.8 Å². The Morgan fingerprint density at radius 2 is 1.75 bits per heavy atom. The van der Waals surface area contributed by atoms with Crippen molar-refractivity contribution in [3.05, 3.63) is 77.5 Å². The highest BCUT2D eigenvalue weighted by Gasteiger charge is 2.32. The second kappa shape index (κ2) is 8.45. The first kappa shape index (κ1) is 19.2. The summed E-state index contributed by atoms with van der Waals surface area (Å²) in [5.41, 5.74) is 1.56. The van der Waals surface area contributed by atoms with E-state index in [1.807, 2.05) is 44.2 Å². The van der Waals surface area contributed by atoms with Gasteiger partial charge in [-0.1, -0.05) is 43.9 Å². The molecule has 1 heterocycles. The number of carbonyl (C=O) groups is 2. The molecule has 0 aromatic heterocycles. The zero-order valence-electron chi connectivity index (χ0n) is 16.1. The molecule has 2 amide bonds. The predicted octanol–water partition coefficient (Wildman–Crippen LogP) is 3.18. The number of hydrogen-bond donors (Lipinski definition) is 1. The average molecular weight is 374 g/mol. The fraction of sp³-hybridized carbons (Fsp3) is 0.217. The van der Waals surface area contributed by atoms with E-state index < -0.39 is 6.17 Å². The van der Waals surface area contributed by atoms with Crippen LogP contribution in [0.2, 0.25) is 0 Å². The van der Waals surface area contributed by atoms with Crippen LogP contribution in [0.25, 0.3) is 0 Å². The molecule has 0 bridgehead atoms. The van der Waals surface area contributed by atoms with E-state index in [0.29, 0.717) is 5.56 Å². The van der Waals surface area contributed by atoms with Crippen LogP contribution in [-0.4, -0.2) is 30.0 Å². The molecule has 0 spiro atoms. The highest BCUT2D eigenvalue weighted by molar-refractivity contribution is 6.02. The number of ether oxygens (including phenoxy) is 1. The van der Waals surface area contributed by atoms with E-state index in [0.717, 1.165) is 11.3 Å². The van der Waals surface area contributed by atoms with Crippen molar-refractivity contribution in [2.24, 2.45) is 5.92 Å². The van der Waals surface area contributed by atoms with Gasteiger partial charge in [0.05, 0.1) is 7.11 Å². The molecular weight excluding hydrogens is 352 g/mol. The molecule has 1 aliphatic rings. The number of amides is 2. The van der Waals surface area contributed by atoms with E-state index in [4.69, 9.17) is 4.74 Å². The van der Waals surface area contributed by atoms with Gasteiger partial charge in [0, 0.05) is 17.3 Å². The third-order valence-electron chi connectivity index (χ3n) is 4.41. The molecule has 0 saturated carbocycles. The Morgan fingerprint density at radius 1 is 1.07 bits per heavy atom. The lowest BCUT2D eigenvalue weighted by molar-refractivity contribution is -0.119. The number of rotatable bonds is 3. The van der Waals surface area contributed by atoms with Crippen LogP contribution in [0.5, 0.6) is 5.75 Å². The molecule has 3 rings (SSSR count). The number of nitrogens with one attached hydrogen (secondary N) is 1. The second-order valence-electron chi connectivity index (χ2n) is 6.76. The molecule has 2 aromatic rings. The van der Waals surface area contributed by atoms with Crippen molar-refractivity contribution in [1.82, 2.24) is 10.2 Å². The Labute approximate surface area is 165 Å². The SMILES string of the molecule is COc1ccc(C#CC2=CN(C(=O)c3ccccc3)[C@@H](C(C)C)NC2=O)cc1. The Hall–Kier alpha value is -3.52. The Bertz CT molecular complexity index is 951. The van der Waals surface area contributed by atoms with Crippen LogP contribution in [0.4, 0.5) is 0 Å². The number of benzene rings is 2. The van der Waals surface area contributed by atoms with Gasteiger partial charge in [-0.15, -0.1) is 0 Å². The zero-order chi connectivity index (χ0) is 20.1. The van der Waals surface area contributed by atoms with Gasteiger partial charge in [-0.05, 0) is 42.3 Å². The largest absolute Gasteiger partial charge is 0.497 e. The van der Waals surface area contributed by atoms with Gasteiger partial charge in [-0.3, -0.25) is 14.5 Å². The van der Waals surface area contributed by atoms with E-state index in [1.165, 1.54) is 0 Å². The summed E-state index contributed by atoms with van der Waals surface area (Å²) in [6.45, 7) is 3.91. The lowest BCUT2D eigenvalue weighted by Gasteiger charge is -2.35. The van der Waals surface area contributed by atoms with E-state index in [2.05, 4.69) is 17.2 Å². The fourth-order valence-corrected chi connectivity index (χ4v) is 2.87. The van der Waals surface area contributed by atoms with Crippen molar-refractivity contribution in [1.29, 1.82) is 0 Å². The molecular formula is C23H22N2O3. The quantitative estimate of drug-likeness (QED) is 0.840. The van der Waals surface area contributed by atoms with Gasteiger partial charge >= 0.3 is 0 Å². The van der Waals surface area contributed by atoms with Crippen molar-refractivity contribution in [2.75, 3.05) is 7.11 Å². The van der Waals surface area contributed by atoms with Gasteiger partial charge in [0.25, 0.3) is 11.8 Å². The van der Waals surface area contributed by atoms with E-state index in [9.17, 15) is 9.59 Å². The standard InChI is InChI=1S/C23H22N2O3/c1-16(2)21-24-22(26)19(12-9-17-10-13-20(28-3)14-11-17)15-25(21)23(27)18-7-5-4-6-8-18/h4-8,10-11,13-16,21H,1-3H3,(H,24,26)/t21-/m0/s1. The molecule has 0 saturated heterocycles. The number of methoxy groups -OCH3 is 1. The molecule has 5 nitrogen and oxygen atoms in total. The molecule has 1 N–H and O–H groups in total. The fourth-order valence-electron chi connectivity index (χ4n) is 2.87. The van der Waals surface area contributed by atoms with Crippen molar-refractivity contribution in [3.8, 4) is 17.6 Å². The number of carbonyl (C=O) groups excluding carboxylic acids is 2. The van der Waals surface area contributed by atoms with Gasteiger partial charge in [0.15, 0.2) is 0 Å². The molecule has 0 fully saturated rings.